The minimum absolute atomic E-state index is 0.205. The van der Waals surface area contributed by atoms with Crippen molar-refractivity contribution in [3.05, 3.63) is 34.3 Å². The SMILES string of the molecule is NCc1c(Cl)cccc1CCCO. The average Bonchev–Trinajstić information content (AvgIpc) is 2.15. The number of aliphatic hydroxyl groups is 1. The molecule has 0 atom stereocenters. The fourth-order valence-electron chi connectivity index (χ4n) is 1.34. The van der Waals surface area contributed by atoms with Crippen LogP contribution in [0.15, 0.2) is 18.2 Å². The lowest BCUT2D eigenvalue weighted by Crippen LogP contribution is -2.03. The lowest BCUT2D eigenvalue weighted by atomic mass is 10.0. The van der Waals surface area contributed by atoms with E-state index in [1.54, 1.807) is 0 Å². The lowest BCUT2D eigenvalue weighted by molar-refractivity contribution is 0.288. The number of halogens is 1. The molecule has 0 radical (unpaired) electrons. The molecule has 1 aromatic carbocycles. The Bertz CT molecular complexity index is 276. The summed E-state index contributed by atoms with van der Waals surface area (Å²) in [6.07, 6.45) is 1.59. The highest BCUT2D eigenvalue weighted by atomic mass is 35.5. The van der Waals surface area contributed by atoms with Crippen molar-refractivity contribution in [2.75, 3.05) is 6.61 Å². The van der Waals surface area contributed by atoms with Crippen molar-refractivity contribution in [1.29, 1.82) is 0 Å². The quantitative estimate of drug-likeness (QED) is 0.776. The number of rotatable bonds is 4. The summed E-state index contributed by atoms with van der Waals surface area (Å²) in [5, 5.41) is 9.42. The molecule has 1 aromatic rings. The maximum absolute atomic E-state index is 8.70. The number of aliphatic hydroxyl groups excluding tert-OH is 1. The topological polar surface area (TPSA) is 46.2 Å². The summed E-state index contributed by atoms with van der Waals surface area (Å²) in [5.41, 5.74) is 7.72. The predicted octanol–water partition coefficient (Wildman–Crippen LogP) is 1.72. The Morgan fingerprint density at radius 1 is 1.38 bits per heavy atom. The second-order valence-corrected chi connectivity index (χ2v) is 3.32. The molecular weight excluding hydrogens is 186 g/mol. The van der Waals surface area contributed by atoms with Crippen LogP contribution in [0.3, 0.4) is 0 Å². The maximum Gasteiger partial charge on any atom is 0.0453 e. The van der Waals surface area contributed by atoms with Gasteiger partial charge in [0.15, 0.2) is 0 Å². The first-order valence-corrected chi connectivity index (χ1v) is 4.74. The fourth-order valence-corrected chi connectivity index (χ4v) is 1.61. The average molecular weight is 200 g/mol. The van der Waals surface area contributed by atoms with E-state index in [0.29, 0.717) is 6.54 Å². The van der Waals surface area contributed by atoms with Gasteiger partial charge in [-0.05, 0) is 30.0 Å². The van der Waals surface area contributed by atoms with Crippen molar-refractivity contribution >= 4 is 11.6 Å². The normalized spacial score (nSPS) is 10.4. The minimum atomic E-state index is 0.205. The summed E-state index contributed by atoms with van der Waals surface area (Å²) >= 11 is 5.97. The molecule has 0 saturated heterocycles. The van der Waals surface area contributed by atoms with Crippen LogP contribution in [0.5, 0.6) is 0 Å². The van der Waals surface area contributed by atoms with Gasteiger partial charge in [0.05, 0.1) is 0 Å². The molecule has 0 spiro atoms. The standard InChI is InChI=1S/C10H14ClNO/c11-10-5-1-3-8(4-2-6-13)9(10)7-12/h1,3,5,13H,2,4,6-7,12H2. The molecular formula is C10H14ClNO. The Balaban J connectivity index is 2.85. The van der Waals surface area contributed by atoms with Crippen LogP contribution in [0, 0.1) is 0 Å². The predicted molar refractivity (Wildman–Crippen MR) is 54.8 cm³/mol. The molecule has 3 N–H and O–H groups in total. The molecule has 0 bridgehead atoms. The number of nitrogens with two attached hydrogens (primary N) is 1. The van der Waals surface area contributed by atoms with E-state index >= 15 is 0 Å². The number of hydrogen-bond acceptors (Lipinski definition) is 2. The smallest absolute Gasteiger partial charge is 0.0453 e. The Morgan fingerprint density at radius 2 is 2.15 bits per heavy atom. The Morgan fingerprint density at radius 3 is 2.77 bits per heavy atom. The van der Waals surface area contributed by atoms with Crippen molar-refractivity contribution in [2.24, 2.45) is 5.73 Å². The summed E-state index contributed by atoms with van der Waals surface area (Å²) in [7, 11) is 0. The van der Waals surface area contributed by atoms with Gasteiger partial charge in [0.2, 0.25) is 0 Å². The lowest BCUT2D eigenvalue weighted by Gasteiger charge is -2.08. The minimum Gasteiger partial charge on any atom is -0.396 e. The highest BCUT2D eigenvalue weighted by Crippen LogP contribution is 2.20. The van der Waals surface area contributed by atoms with Crippen LogP contribution in [-0.2, 0) is 13.0 Å². The summed E-state index contributed by atoms with van der Waals surface area (Å²) in [5.74, 6) is 0. The zero-order valence-corrected chi connectivity index (χ0v) is 8.22. The van der Waals surface area contributed by atoms with Gasteiger partial charge in [-0.2, -0.15) is 0 Å². The molecule has 0 fully saturated rings. The van der Waals surface area contributed by atoms with Crippen molar-refractivity contribution < 1.29 is 5.11 Å². The van der Waals surface area contributed by atoms with E-state index in [-0.39, 0.29) is 6.61 Å². The fraction of sp³-hybridized carbons (Fsp3) is 0.400. The third kappa shape index (κ3) is 2.69. The van der Waals surface area contributed by atoms with Crippen LogP contribution in [-0.4, -0.2) is 11.7 Å². The summed E-state index contributed by atoms with van der Waals surface area (Å²) in [4.78, 5) is 0. The third-order valence-corrected chi connectivity index (χ3v) is 2.38. The first-order chi connectivity index (χ1) is 6.29. The molecule has 0 aliphatic carbocycles. The van der Waals surface area contributed by atoms with Crippen LogP contribution < -0.4 is 5.73 Å². The van der Waals surface area contributed by atoms with Crippen LogP contribution in [0.1, 0.15) is 17.5 Å². The zero-order valence-electron chi connectivity index (χ0n) is 7.46. The van der Waals surface area contributed by atoms with Crippen molar-refractivity contribution in [2.45, 2.75) is 19.4 Å². The molecule has 13 heavy (non-hydrogen) atoms. The highest BCUT2D eigenvalue weighted by Gasteiger charge is 2.03. The molecule has 3 heteroatoms. The highest BCUT2D eigenvalue weighted by molar-refractivity contribution is 6.31. The molecule has 0 amide bonds. The molecule has 0 unspecified atom stereocenters. The molecule has 72 valence electrons. The van der Waals surface area contributed by atoms with E-state index in [9.17, 15) is 0 Å². The van der Waals surface area contributed by atoms with E-state index in [0.717, 1.165) is 29.0 Å². The van der Waals surface area contributed by atoms with Crippen LogP contribution in [0.2, 0.25) is 5.02 Å². The maximum atomic E-state index is 8.70. The van der Waals surface area contributed by atoms with Crippen LogP contribution >= 0.6 is 11.6 Å². The molecule has 0 heterocycles. The molecule has 0 aromatic heterocycles. The molecule has 0 aliphatic rings. The second-order valence-electron chi connectivity index (χ2n) is 2.91. The summed E-state index contributed by atoms with van der Waals surface area (Å²) < 4.78 is 0. The molecule has 0 aliphatic heterocycles. The van der Waals surface area contributed by atoms with Crippen LogP contribution in [0.4, 0.5) is 0 Å². The van der Waals surface area contributed by atoms with E-state index in [4.69, 9.17) is 22.4 Å². The van der Waals surface area contributed by atoms with Crippen molar-refractivity contribution in [3.63, 3.8) is 0 Å². The van der Waals surface area contributed by atoms with Crippen molar-refractivity contribution in [1.82, 2.24) is 0 Å². The van der Waals surface area contributed by atoms with Gasteiger partial charge in [-0.3, -0.25) is 0 Å². The Hall–Kier alpha value is -0.570. The van der Waals surface area contributed by atoms with Gasteiger partial charge >= 0.3 is 0 Å². The first kappa shape index (κ1) is 10.5. The molecule has 0 saturated carbocycles. The number of hydrogen-bond donors (Lipinski definition) is 2. The molecule has 1 rings (SSSR count). The van der Waals surface area contributed by atoms with Gasteiger partial charge in [0, 0.05) is 18.2 Å². The van der Waals surface area contributed by atoms with Gasteiger partial charge in [0.25, 0.3) is 0 Å². The van der Waals surface area contributed by atoms with Gasteiger partial charge < -0.3 is 10.8 Å². The monoisotopic (exact) mass is 199 g/mol. The van der Waals surface area contributed by atoms with Gasteiger partial charge in [-0.15, -0.1) is 0 Å². The summed E-state index contributed by atoms with van der Waals surface area (Å²) in [6.45, 7) is 0.664. The Kier molecular flexibility index (Phi) is 4.22. The number of benzene rings is 1. The Labute approximate surface area is 83.3 Å². The molecule has 2 nitrogen and oxygen atoms in total. The second kappa shape index (κ2) is 5.22. The van der Waals surface area contributed by atoms with Gasteiger partial charge in [0.1, 0.15) is 0 Å². The largest absolute Gasteiger partial charge is 0.396 e. The zero-order chi connectivity index (χ0) is 9.68. The van der Waals surface area contributed by atoms with E-state index < -0.39 is 0 Å². The summed E-state index contributed by atoms with van der Waals surface area (Å²) in [6, 6.07) is 5.75. The van der Waals surface area contributed by atoms with Gasteiger partial charge in [-0.25, -0.2) is 0 Å². The van der Waals surface area contributed by atoms with Crippen LogP contribution in [0.25, 0.3) is 0 Å². The van der Waals surface area contributed by atoms with E-state index in [1.165, 1.54) is 0 Å². The van der Waals surface area contributed by atoms with Gasteiger partial charge in [-0.1, -0.05) is 23.7 Å². The van der Waals surface area contributed by atoms with E-state index in [2.05, 4.69) is 0 Å². The first-order valence-electron chi connectivity index (χ1n) is 4.36. The third-order valence-electron chi connectivity index (χ3n) is 2.02. The number of aryl methyl sites for hydroxylation is 1. The van der Waals surface area contributed by atoms with Crippen molar-refractivity contribution in [3.8, 4) is 0 Å². The van der Waals surface area contributed by atoms with E-state index in [1.807, 2.05) is 18.2 Å².